The first-order chi connectivity index (χ1) is 14.4. The zero-order chi connectivity index (χ0) is 21.7. The van der Waals surface area contributed by atoms with E-state index in [-0.39, 0.29) is 23.8 Å². The molecule has 1 N–H and O–H groups in total. The van der Waals surface area contributed by atoms with Gasteiger partial charge in [-0.15, -0.1) is 0 Å². The lowest BCUT2D eigenvalue weighted by molar-refractivity contribution is 0.0652. The van der Waals surface area contributed by atoms with Crippen LogP contribution in [0.25, 0.3) is 0 Å². The van der Waals surface area contributed by atoms with Crippen LogP contribution in [0.5, 0.6) is 0 Å². The number of carbonyl (C=O) groups is 3. The Kier molecular flexibility index (Phi) is 7.00. The van der Waals surface area contributed by atoms with Gasteiger partial charge in [0.25, 0.3) is 17.7 Å². The highest BCUT2D eigenvalue weighted by Crippen LogP contribution is 2.24. The number of likely N-dealkylation sites (N-methyl/N-ethyl adjacent to an activating group) is 1. The number of nitrogens with one attached hydrogen (secondary N) is 1. The summed E-state index contributed by atoms with van der Waals surface area (Å²) in [4.78, 5) is 41.2. The standard InChI is InChI=1S/C24H29N3O3/c1-4-5-13-27-23(29)20-12-11-18(15-21(20)24(27)30)22(28)25-16-19(26(2)3)14-17-9-7-6-8-10-17/h6-12,15,19H,4-5,13-14,16H2,1-3H3,(H,25,28)/t19-/m1/s1. The second kappa shape index (κ2) is 9.67. The number of rotatable bonds is 9. The second-order valence-corrected chi connectivity index (χ2v) is 7.89. The molecule has 0 spiro atoms. The van der Waals surface area contributed by atoms with Crippen molar-refractivity contribution in [2.24, 2.45) is 0 Å². The summed E-state index contributed by atoms with van der Waals surface area (Å²) in [6, 6.07) is 15.0. The monoisotopic (exact) mass is 407 g/mol. The topological polar surface area (TPSA) is 69.7 Å². The van der Waals surface area contributed by atoms with Crippen LogP contribution in [0.2, 0.25) is 0 Å². The van der Waals surface area contributed by atoms with Crippen molar-refractivity contribution in [2.45, 2.75) is 32.2 Å². The molecule has 2 aromatic carbocycles. The lowest BCUT2D eigenvalue weighted by Gasteiger charge is -2.25. The molecular weight excluding hydrogens is 378 g/mol. The Morgan fingerprint density at radius 3 is 2.40 bits per heavy atom. The van der Waals surface area contributed by atoms with Crippen LogP contribution in [-0.2, 0) is 6.42 Å². The highest BCUT2D eigenvalue weighted by Gasteiger charge is 2.35. The van der Waals surface area contributed by atoms with Crippen molar-refractivity contribution >= 4 is 17.7 Å². The molecule has 0 saturated heterocycles. The molecule has 1 atom stereocenters. The van der Waals surface area contributed by atoms with Gasteiger partial charge in [-0.2, -0.15) is 0 Å². The summed E-state index contributed by atoms with van der Waals surface area (Å²) in [5.41, 5.74) is 2.30. The van der Waals surface area contributed by atoms with E-state index in [4.69, 9.17) is 0 Å². The molecule has 0 aliphatic carbocycles. The number of unbranched alkanes of at least 4 members (excludes halogenated alkanes) is 1. The molecule has 0 unspecified atom stereocenters. The smallest absolute Gasteiger partial charge is 0.261 e. The third-order valence-electron chi connectivity index (χ3n) is 5.51. The fraction of sp³-hybridized carbons (Fsp3) is 0.375. The van der Waals surface area contributed by atoms with Crippen LogP contribution in [-0.4, -0.2) is 60.7 Å². The van der Waals surface area contributed by atoms with E-state index < -0.39 is 0 Å². The summed E-state index contributed by atoms with van der Waals surface area (Å²) in [6.07, 6.45) is 2.49. The van der Waals surface area contributed by atoms with Crippen LogP contribution in [0.15, 0.2) is 48.5 Å². The average molecular weight is 408 g/mol. The van der Waals surface area contributed by atoms with Gasteiger partial charge in [-0.1, -0.05) is 43.7 Å². The predicted octanol–water partition coefficient (Wildman–Crippen LogP) is 2.99. The molecule has 30 heavy (non-hydrogen) atoms. The van der Waals surface area contributed by atoms with Gasteiger partial charge in [0.2, 0.25) is 0 Å². The molecule has 0 aromatic heterocycles. The van der Waals surface area contributed by atoms with Crippen molar-refractivity contribution in [3.63, 3.8) is 0 Å². The molecule has 0 radical (unpaired) electrons. The normalized spacial score (nSPS) is 14.2. The Balaban J connectivity index is 1.67. The fourth-order valence-electron chi connectivity index (χ4n) is 3.59. The minimum absolute atomic E-state index is 0.138. The lowest BCUT2D eigenvalue weighted by Crippen LogP contribution is -2.41. The highest BCUT2D eigenvalue weighted by atomic mass is 16.2. The zero-order valence-corrected chi connectivity index (χ0v) is 17.9. The van der Waals surface area contributed by atoms with Gasteiger partial charge in [-0.05, 0) is 50.7 Å². The van der Waals surface area contributed by atoms with Crippen LogP contribution in [0, 0.1) is 0 Å². The number of nitrogens with zero attached hydrogens (tertiary/aromatic N) is 2. The lowest BCUT2D eigenvalue weighted by atomic mass is 10.0. The maximum Gasteiger partial charge on any atom is 0.261 e. The Morgan fingerprint density at radius 1 is 1.03 bits per heavy atom. The molecule has 6 nitrogen and oxygen atoms in total. The molecular formula is C24H29N3O3. The van der Waals surface area contributed by atoms with E-state index in [9.17, 15) is 14.4 Å². The van der Waals surface area contributed by atoms with E-state index in [0.717, 1.165) is 19.3 Å². The molecule has 3 amide bonds. The van der Waals surface area contributed by atoms with E-state index in [1.807, 2.05) is 39.2 Å². The number of carbonyl (C=O) groups excluding carboxylic acids is 3. The summed E-state index contributed by atoms with van der Waals surface area (Å²) in [5.74, 6) is -0.829. The number of benzene rings is 2. The fourth-order valence-corrected chi connectivity index (χ4v) is 3.59. The Bertz CT molecular complexity index is 925. The molecule has 1 aliphatic rings. The van der Waals surface area contributed by atoms with E-state index >= 15 is 0 Å². The van der Waals surface area contributed by atoms with E-state index in [2.05, 4.69) is 22.3 Å². The van der Waals surface area contributed by atoms with E-state index in [1.54, 1.807) is 18.2 Å². The summed E-state index contributed by atoms with van der Waals surface area (Å²) in [7, 11) is 3.98. The SMILES string of the molecule is CCCCN1C(=O)c2ccc(C(=O)NC[C@@H](Cc3ccccc3)N(C)C)cc2C1=O. The van der Waals surface area contributed by atoms with Gasteiger partial charge in [-0.25, -0.2) is 0 Å². The molecule has 0 fully saturated rings. The Morgan fingerprint density at radius 2 is 1.73 bits per heavy atom. The summed E-state index contributed by atoms with van der Waals surface area (Å²) < 4.78 is 0. The van der Waals surface area contributed by atoms with Crippen LogP contribution in [0.4, 0.5) is 0 Å². The van der Waals surface area contributed by atoms with Crippen molar-refractivity contribution in [1.29, 1.82) is 0 Å². The number of fused-ring (bicyclic) bond motifs is 1. The maximum absolute atomic E-state index is 12.7. The molecule has 1 heterocycles. The van der Waals surface area contributed by atoms with Gasteiger partial charge in [-0.3, -0.25) is 19.3 Å². The van der Waals surface area contributed by atoms with Crippen molar-refractivity contribution in [3.05, 3.63) is 70.8 Å². The maximum atomic E-state index is 12.7. The van der Waals surface area contributed by atoms with Crippen molar-refractivity contribution in [2.75, 3.05) is 27.2 Å². The van der Waals surface area contributed by atoms with Gasteiger partial charge in [0, 0.05) is 24.7 Å². The Hall–Kier alpha value is -2.99. The van der Waals surface area contributed by atoms with Crippen LogP contribution < -0.4 is 5.32 Å². The van der Waals surface area contributed by atoms with Gasteiger partial charge in [0.1, 0.15) is 0 Å². The van der Waals surface area contributed by atoms with E-state index in [1.165, 1.54) is 10.5 Å². The van der Waals surface area contributed by atoms with Gasteiger partial charge >= 0.3 is 0 Å². The van der Waals surface area contributed by atoms with Gasteiger partial charge < -0.3 is 10.2 Å². The van der Waals surface area contributed by atoms with Crippen LogP contribution in [0.1, 0.15) is 56.4 Å². The average Bonchev–Trinajstić information content (AvgIpc) is 2.99. The second-order valence-electron chi connectivity index (χ2n) is 7.89. The first-order valence-corrected chi connectivity index (χ1v) is 10.4. The number of hydrogen-bond acceptors (Lipinski definition) is 4. The first kappa shape index (κ1) is 21.7. The summed E-state index contributed by atoms with van der Waals surface area (Å²) in [6.45, 7) is 2.90. The highest BCUT2D eigenvalue weighted by molar-refractivity contribution is 6.22. The number of hydrogen-bond donors (Lipinski definition) is 1. The van der Waals surface area contributed by atoms with Crippen LogP contribution in [0.3, 0.4) is 0 Å². The summed E-state index contributed by atoms with van der Waals surface area (Å²) in [5, 5.41) is 2.97. The third kappa shape index (κ3) is 4.76. The molecule has 0 bridgehead atoms. The number of amides is 3. The number of imide groups is 1. The largest absolute Gasteiger partial charge is 0.350 e. The van der Waals surface area contributed by atoms with Crippen molar-refractivity contribution < 1.29 is 14.4 Å². The molecule has 6 heteroatoms. The zero-order valence-electron chi connectivity index (χ0n) is 17.9. The molecule has 158 valence electrons. The minimum atomic E-state index is -0.312. The molecule has 1 aliphatic heterocycles. The molecule has 2 aromatic rings. The predicted molar refractivity (Wildman–Crippen MR) is 117 cm³/mol. The van der Waals surface area contributed by atoms with E-state index in [0.29, 0.717) is 29.8 Å². The molecule has 0 saturated carbocycles. The quantitative estimate of drug-likeness (QED) is 0.649. The van der Waals surface area contributed by atoms with Crippen molar-refractivity contribution in [3.8, 4) is 0 Å². The summed E-state index contributed by atoms with van der Waals surface area (Å²) >= 11 is 0. The van der Waals surface area contributed by atoms with Gasteiger partial charge in [0.05, 0.1) is 11.1 Å². The van der Waals surface area contributed by atoms with Crippen molar-refractivity contribution in [1.82, 2.24) is 15.1 Å². The minimum Gasteiger partial charge on any atom is -0.350 e. The third-order valence-corrected chi connectivity index (χ3v) is 5.51. The first-order valence-electron chi connectivity index (χ1n) is 10.4. The molecule has 3 rings (SSSR count). The van der Waals surface area contributed by atoms with Crippen LogP contribution >= 0.6 is 0 Å². The Labute approximate surface area is 177 Å². The van der Waals surface area contributed by atoms with Gasteiger partial charge in [0.15, 0.2) is 0 Å².